The van der Waals surface area contributed by atoms with Crippen LogP contribution in [0.4, 0.5) is 5.69 Å². The number of aromatic nitrogens is 1. The van der Waals surface area contributed by atoms with E-state index in [0.717, 1.165) is 0 Å². The van der Waals surface area contributed by atoms with Crippen molar-refractivity contribution in [2.24, 2.45) is 0 Å². The van der Waals surface area contributed by atoms with E-state index < -0.39 is 0 Å². The van der Waals surface area contributed by atoms with E-state index in [1.54, 1.807) is 30.5 Å². The molecule has 1 aromatic heterocycles. The van der Waals surface area contributed by atoms with Gasteiger partial charge in [0.15, 0.2) is 0 Å². The monoisotopic (exact) mass is 292 g/mol. The number of nitrogens with one attached hydrogen (secondary N) is 1. The number of methoxy groups -OCH3 is 2. The second-order valence-electron chi connectivity index (χ2n) is 3.87. The summed E-state index contributed by atoms with van der Waals surface area (Å²) in [5.74, 6) is 0.611. The Labute approximate surface area is 121 Å². The van der Waals surface area contributed by atoms with Crippen molar-refractivity contribution < 1.29 is 14.3 Å². The lowest BCUT2D eigenvalue weighted by atomic mass is 10.2. The summed E-state index contributed by atoms with van der Waals surface area (Å²) in [7, 11) is 3.01. The molecule has 20 heavy (non-hydrogen) atoms. The summed E-state index contributed by atoms with van der Waals surface area (Å²) < 4.78 is 10.3. The number of amides is 1. The Morgan fingerprint density at radius 1 is 1.20 bits per heavy atom. The molecule has 0 aliphatic heterocycles. The molecule has 0 unspecified atom stereocenters. The summed E-state index contributed by atoms with van der Waals surface area (Å²) in [6, 6.07) is 6.49. The molecule has 0 saturated heterocycles. The predicted octanol–water partition coefficient (Wildman–Crippen LogP) is 3.00. The third kappa shape index (κ3) is 3.00. The number of hydrogen-bond donors (Lipinski definition) is 1. The van der Waals surface area contributed by atoms with Gasteiger partial charge in [-0.05, 0) is 18.2 Å². The maximum Gasteiger partial charge on any atom is 0.259 e. The highest BCUT2D eigenvalue weighted by atomic mass is 35.5. The molecule has 5 nitrogen and oxygen atoms in total. The summed E-state index contributed by atoms with van der Waals surface area (Å²) in [6.45, 7) is 0. The molecule has 0 atom stereocenters. The van der Waals surface area contributed by atoms with E-state index in [1.165, 1.54) is 20.4 Å². The fourth-order valence-corrected chi connectivity index (χ4v) is 1.87. The molecule has 1 heterocycles. The minimum Gasteiger partial charge on any atom is -0.496 e. The Hall–Kier alpha value is -2.27. The Kier molecular flexibility index (Phi) is 4.42. The van der Waals surface area contributed by atoms with Crippen LogP contribution in [0.15, 0.2) is 36.7 Å². The zero-order valence-electron chi connectivity index (χ0n) is 11.0. The summed E-state index contributed by atoms with van der Waals surface area (Å²) in [4.78, 5) is 16.2. The molecular weight excluding hydrogens is 280 g/mol. The molecule has 0 bridgehead atoms. The van der Waals surface area contributed by atoms with Crippen molar-refractivity contribution in [1.82, 2.24) is 4.98 Å². The quantitative estimate of drug-likeness (QED) is 0.941. The maximum absolute atomic E-state index is 12.3. The van der Waals surface area contributed by atoms with E-state index >= 15 is 0 Å². The van der Waals surface area contributed by atoms with Crippen molar-refractivity contribution in [1.29, 1.82) is 0 Å². The topological polar surface area (TPSA) is 60.5 Å². The number of nitrogens with zero attached hydrogens (tertiary/aromatic N) is 1. The van der Waals surface area contributed by atoms with Gasteiger partial charge >= 0.3 is 0 Å². The number of carbonyl (C=O) groups is 1. The van der Waals surface area contributed by atoms with Gasteiger partial charge in [0.25, 0.3) is 5.91 Å². The molecule has 1 aromatic carbocycles. The summed E-state index contributed by atoms with van der Waals surface area (Å²) in [6.07, 6.45) is 3.09. The van der Waals surface area contributed by atoms with Gasteiger partial charge < -0.3 is 14.8 Å². The van der Waals surface area contributed by atoms with Crippen LogP contribution >= 0.6 is 11.6 Å². The third-order valence-electron chi connectivity index (χ3n) is 2.66. The molecule has 0 spiro atoms. The fraction of sp³-hybridized carbons (Fsp3) is 0.143. The molecule has 0 aliphatic rings. The zero-order valence-corrected chi connectivity index (χ0v) is 11.8. The first-order chi connectivity index (χ1) is 9.65. The number of carbonyl (C=O) groups excluding carboxylic acids is 1. The van der Waals surface area contributed by atoms with Gasteiger partial charge in [-0.2, -0.15) is 0 Å². The summed E-state index contributed by atoms with van der Waals surface area (Å²) in [5.41, 5.74) is 0.813. The van der Waals surface area contributed by atoms with E-state index in [4.69, 9.17) is 21.1 Å². The highest BCUT2D eigenvalue weighted by Gasteiger charge is 2.15. The standard InChI is InChI=1S/C14H13ClN2O3/c1-19-12-4-3-9(15)7-10(12)14(18)17-11-8-16-6-5-13(11)20-2/h3-8H,1-2H3,(H,17,18). The molecular formula is C14H13ClN2O3. The Morgan fingerprint density at radius 3 is 2.65 bits per heavy atom. The van der Waals surface area contributed by atoms with Crippen molar-refractivity contribution in [3.8, 4) is 11.5 Å². The highest BCUT2D eigenvalue weighted by Crippen LogP contribution is 2.26. The van der Waals surface area contributed by atoms with Gasteiger partial charge in [0.1, 0.15) is 17.2 Å². The lowest BCUT2D eigenvalue weighted by Crippen LogP contribution is -2.14. The normalized spacial score (nSPS) is 9.95. The summed E-state index contributed by atoms with van der Waals surface area (Å²) >= 11 is 5.91. The van der Waals surface area contributed by atoms with Crippen molar-refractivity contribution in [2.75, 3.05) is 19.5 Å². The molecule has 6 heteroatoms. The van der Waals surface area contributed by atoms with Crippen LogP contribution in [0.2, 0.25) is 5.02 Å². The van der Waals surface area contributed by atoms with Crippen LogP contribution in [0.25, 0.3) is 0 Å². The minimum absolute atomic E-state index is 0.339. The molecule has 0 saturated carbocycles. The number of halogens is 1. The average molecular weight is 293 g/mol. The summed E-state index contributed by atoms with van der Waals surface area (Å²) in [5, 5.41) is 3.17. The van der Waals surface area contributed by atoms with E-state index in [1.807, 2.05) is 0 Å². The Morgan fingerprint density at radius 2 is 1.95 bits per heavy atom. The highest BCUT2D eigenvalue weighted by molar-refractivity contribution is 6.31. The van der Waals surface area contributed by atoms with Crippen LogP contribution < -0.4 is 14.8 Å². The number of anilines is 1. The van der Waals surface area contributed by atoms with Gasteiger partial charge in [-0.1, -0.05) is 11.6 Å². The van der Waals surface area contributed by atoms with Gasteiger partial charge in [0, 0.05) is 17.3 Å². The molecule has 1 amide bonds. The number of hydrogen-bond acceptors (Lipinski definition) is 4. The largest absolute Gasteiger partial charge is 0.496 e. The Bertz CT molecular complexity index is 632. The van der Waals surface area contributed by atoms with Gasteiger partial charge in [-0.25, -0.2) is 0 Å². The van der Waals surface area contributed by atoms with Crippen LogP contribution in [0.3, 0.4) is 0 Å². The van der Waals surface area contributed by atoms with E-state index in [2.05, 4.69) is 10.3 Å². The first kappa shape index (κ1) is 14.1. The van der Waals surface area contributed by atoms with Crippen LogP contribution in [0.5, 0.6) is 11.5 Å². The first-order valence-corrected chi connectivity index (χ1v) is 6.16. The van der Waals surface area contributed by atoms with Crippen molar-refractivity contribution in [2.45, 2.75) is 0 Å². The number of rotatable bonds is 4. The number of ether oxygens (including phenoxy) is 2. The maximum atomic E-state index is 12.3. The number of benzene rings is 1. The van der Waals surface area contributed by atoms with Crippen LogP contribution in [0.1, 0.15) is 10.4 Å². The zero-order chi connectivity index (χ0) is 14.5. The SMILES string of the molecule is COc1ccncc1NC(=O)c1cc(Cl)ccc1OC. The van der Waals surface area contributed by atoms with Gasteiger partial charge in [0.2, 0.25) is 0 Å². The third-order valence-corrected chi connectivity index (χ3v) is 2.89. The van der Waals surface area contributed by atoms with Gasteiger partial charge in [-0.3, -0.25) is 9.78 Å². The van der Waals surface area contributed by atoms with Crippen molar-refractivity contribution in [3.05, 3.63) is 47.2 Å². The lowest BCUT2D eigenvalue weighted by molar-refractivity contribution is 0.102. The fourth-order valence-electron chi connectivity index (χ4n) is 1.70. The second kappa shape index (κ2) is 6.25. The molecule has 0 fully saturated rings. The predicted molar refractivity (Wildman–Crippen MR) is 76.7 cm³/mol. The van der Waals surface area contributed by atoms with Gasteiger partial charge in [-0.15, -0.1) is 0 Å². The molecule has 0 radical (unpaired) electrons. The lowest BCUT2D eigenvalue weighted by Gasteiger charge is -2.11. The van der Waals surface area contributed by atoms with Crippen molar-refractivity contribution in [3.63, 3.8) is 0 Å². The van der Waals surface area contributed by atoms with Gasteiger partial charge in [0.05, 0.1) is 26.0 Å². The van der Waals surface area contributed by atoms with E-state index in [-0.39, 0.29) is 5.91 Å². The van der Waals surface area contributed by atoms with E-state index in [9.17, 15) is 4.79 Å². The van der Waals surface area contributed by atoms with Crippen LogP contribution in [-0.4, -0.2) is 25.1 Å². The molecule has 2 rings (SSSR count). The first-order valence-electron chi connectivity index (χ1n) is 5.78. The van der Waals surface area contributed by atoms with Crippen molar-refractivity contribution >= 4 is 23.2 Å². The van der Waals surface area contributed by atoms with Crippen LogP contribution in [0, 0.1) is 0 Å². The second-order valence-corrected chi connectivity index (χ2v) is 4.31. The Balaban J connectivity index is 2.30. The molecule has 0 aliphatic carbocycles. The number of pyridine rings is 1. The smallest absolute Gasteiger partial charge is 0.259 e. The average Bonchev–Trinajstić information content (AvgIpc) is 2.47. The van der Waals surface area contributed by atoms with Crippen LogP contribution in [-0.2, 0) is 0 Å². The minimum atomic E-state index is -0.351. The molecule has 104 valence electrons. The molecule has 1 N–H and O–H groups in total. The van der Waals surface area contributed by atoms with E-state index in [0.29, 0.717) is 27.8 Å². The molecule has 2 aromatic rings.